The van der Waals surface area contributed by atoms with Crippen LogP contribution in [0.3, 0.4) is 0 Å². The van der Waals surface area contributed by atoms with Crippen molar-refractivity contribution in [1.82, 2.24) is 20.4 Å². The van der Waals surface area contributed by atoms with Crippen molar-refractivity contribution >= 4 is 0 Å². The molecule has 0 aromatic carbocycles. The number of ether oxygens (including phenoxy) is 1. The number of hydrogen-bond donors (Lipinski definition) is 2. The lowest BCUT2D eigenvalue weighted by Gasteiger charge is -2.17. The third kappa shape index (κ3) is 2.38. The maximum absolute atomic E-state index is 5.56. The van der Waals surface area contributed by atoms with Crippen LogP contribution in [0.15, 0.2) is 36.9 Å². The molecule has 0 saturated carbocycles. The Balaban J connectivity index is 2.42. The maximum atomic E-state index is 5.56. The van der Waals surface area contributed by atoms with E-state index in [2.05, 4.69) is 20.4 Å². The third-order valence-electron chi connectivity index (χ3n) is 2.35. The third-order valence-corrected chi connectivity index (χ3v) is 2.35. The number of hydrazine groups is 1. The first-order valence-corrected chi connectivity index (χ1v) is 5.07. The Bertz CT molecular complexity index is 476. The van der Waals surface area contributed by atoms with E-state index in [0.29, 0.717) is 11.6 Å². The lowest BCUT2D eigenvalue weighted by atomic mass is 10.1. The molecule has 0 radical (unpaired) electrons. The fraction of sp³-hybridized carbons (Fsp3) is 0.182. The lowest BCUT2D eigenvalue weighted by molar-refractivity contribution is 0.386. The van der Waals surface area contributed by atoms with Crippen LogP contribution in [-0.4, -0.2) is 22.1 Å². The summed E-state index contributed by atoms with van der Waals surface area (Å²) >= 11 is 0. The molecule has 0 spiro atoms. The summed E-state index contributed by atoms with van der Waals surface area (Å²) in [5.41, 5.74) is 4.21. The van der Waals surface area contributed by atoms with Gasteiger partial charge in [0.1, 0.15) is 0 Å². The molecule has 3 N–H and O–H groups in total. The van der Waals surface area contributed by atoms with E-state index < -0.39 is 0 Å². The maximum Gasteiger partial charge on any atom is 0.218 e. The van der Waals surface area contributed by atoms with Crippen molar-refractivity contribution in [3.8, 4) is 5.88 Å². The molecule has 1 atom stereocenters. The van der Waals surface area contributed by atoms with Crippen molar-refractivity contribution in [2.45, 2.75) is 6.04 Å². The molecular weight excluding hydrogens is 218 g/mol. The average molecular weight is 231 g/mol. The van der Waals surface area contributed by atoms with Crippen LogP contribution < -0.4 is 16.0 Å². The van der Waals surface area contributed by atoms with Crippen LogP contribution in [0.4, 0.5) is 0 Å². The van der Waals surface area contributed by atoms with Crippen molar-refractivity contribution in [3.63, 3.8) is 0 Å². The molecule has 17 heavy (non-hydrogen) atoms. The zero-order valence-electron chi connectivity index (χ0n) is 9.37. The van der Waals surface area contributed by atoms with Gasteiger partial charge in [-0.1, -0.05) is 6.07 Å². The predicted octanol–water partition coefficient (Wildman–Crippen LogP) is 0.433. The Morgan fingerprint density at radius 1 is 1.29 bits per heavy atom. The predicted molar refractivity (Wildman–Crippen MR) is 62.0 cm³/mol. The van der Waals surface area contributed by atoms with Crippen LogP contribution in [-0.2, 0) is 0 Å². The Hall–Kier alpha value is -2.05. The van der Waals surface area contributed by atoms with Gasteiger partial charge in [-0.25, -0.2) is 10.4 Å². The topological polar surface area (TPSA) is 86.0 Å². The van der Waals surface area contributed by atoms with Gasteiger partial charge in [0.05, 0.1) is 25.0 Å². The minimum atomic E-state index is -0.299. The van der Waals surface area contributed by atoms with Gasteiger partial charge in [0.15, 0.2) is 0 Å². The molecule has 0 amide bonds. The molecule has 0 aliphatic rings. The molecule has 2 rings (SSSR count). The van der Waals surface area contributed by atoms with Crippen LogP contribution in [0, 0.1) is 0 Å². The quantitative estimate of drug-likeness (QED) is 0.586. The Morgan fingerprint density at radius 3 is 2.82 bits per heavy atom. The average Bonchev–Trinajstić information content (AvgIpc) is 2.41. The number of aromatic nitrogens is 3. The molecule has 1 unspecified atom stereocenters. The smallest absolute Gasteiger partial charge is 0.218 e. The summed E-state index contributed by atoms with van der Waals surface area (Å²) in [6.07, 6.45) is 6.53. The number of nitrogens with zero attached hydrogens (tertiary/aromatic N) is 3. The molecule has 0 aliphatic heterocycles. The van der Waals surface area contributed by atoms with Crippen molar-refractivity contribution in [1.29, 1.82) is 0 Å². The molecule has 0 bridgehead atoms. The number of nitrogens with one attached hydrogen (secondary N) is 1. The minimum absolute atomic E-state index is 0.299. The van der Waals surface area contributed by atoms with E-state index in [1.807, 2.05) is 12.1 Å². The second kappa shape index (κ2) is 5.33. The highest BCUT2D eigenvalue weighted by Crippen LogP contribution is 2.25. The number of rotatable bonds is 4. The largest absolute Gasteiger partial charge is 0.481 e. The van der Waals surface area contributed by atoms with Gasteiger partial charge in [-0.2, -0.15) is 0 Å². The van der Waals surface area contributed by atoms with Crippen LogP contribution in [0.2, 0.25) is 0 Å². The number of nitrogens with two attached hydrogens (primary N) is 1. The second-order valence-corrected chi connectivity index (χ2v) is 3.33. The second-order valence-electron chi connectivity index (χ2n) is 3.33. The highest BCUT2D eigenvalue weighted by Gasteiger charge is 2.18. The van der Waals surface area contributed by atoms with Crippen LogP contribution in [0.1, 0.15) is 17.3 Å². The number of methoxy groups -OCH3 is 1. The first-order valence-electron chi connectivity index (χ1n) is 5.07. The fourth-order valence-electron chi connectivity index (χ4n) is 1.59. The van der Waals surface area contributed by atoms with E-state index in [9.17, 15) is 0 Å². The van der Waals surface area contributed by atoms with E-state index >= 15 is 0 Å². The van der Waals surface area contributed by atoms with Crippen molar-refractivity contribution < 1.29 is 4.74 Å². The van der Waals surface area contributed by atoms with E-state index in [0.717, 1.165) is 5.56 Å². The zero-order chi connectivity index (χ0) is 12.1. The molecule has 0 saturated heterocycles. The molecule has 0 aliphatic carbocycles. The van der Waals surface area contributed by atoms with Crippen LogP contribution in [0.5, 0.6) is 5.88 Å². The monoisotopic (exact) mass is 231 g/mol. The highest BCUT2D eigenvalue weighted by molar-refractivity contribution is 5.33. The molecule has 88 valence electrons. The lowest BCUT2D eigenvalue weighted by Crippen LogP contribution is -2.30. The van der Waals surface area contributed by atoms with E-state index in [4.69, 9.17) is 10.6 Å². The van der Waals surface area contributed by atoms with Crippen LogP contribution >= 0.6 is 0 Å². The SMILES string of the molecule is COc1ncccc1C(NN)c1cnccn1. The van der Waals surface area contributed by atoms with Gasteiger partial charge in [-0.15, -0.1) is 0 Å². The van der Waals surface area contributed by atoms with E-state index in [1.54, 1.807) is 31.9 Å². The van der Waals surface area contributed by atoms with E-state index in [1.165, 1.54) is 0 Å². The van der Waals surface area contributed by atoms with Gasteiger partial charge < -0.3 is 4.74 Å². The summed E-state index contributed by atoms with van der Waals surface area (Å²) in [5, 5.41) is 0. The molecule has 2 heterocycles. The Labute approximate surface area is 98.9 Å². The zero-order valence-corrected chi connectivity index (χ0v) is 9.37. The first kappa shape index (κ1) is 11.4. The summed E-state index contributed by atoms with van der Waals surface area (Å²) in [5.74, 6) is 6.07. The van der Waals surface area contributed by atoms with Crippen molar-refractivity contribution in [3.05, 3.63) is 48.2 Å². The number of pyridine rings is 1. The van der Waals surface area contributed by atoms with Gasteiger partial charge in [0, 0.05) is 24.2 Å². The van der Waals surface area contributed by atoms with E-state index in [-0.39, 0.29) is 6.04 Å². The number of hydrogen-bond acceptors (Lipinski definition) is 6. The van der Waals surface area contributed by atoms with Crippen molar-refractivity contribution in [2.24, 2.45) is 5.84 Å². The van der Waals surface area contributed by atoms with Crippen LogP contribution in [0.25, 0.3) is 0 Å². The molecular formula is C11H13N5O. The Kier molecular flexibility index (Phi) is 3.59. The van der Waals surface area contributed by atoms with Gasteiger partial charge >= 0.3 is 0 Å². The summed E-state index contributed by atoms with van der Waals surface area (Å²) in [6.45, 7) is 0. The summed E-state index contributed by atoms with van der Waals surface area (Å²) in [4.78, 5) is 12.4. The minimum Gasteiger partial charge on any atom is -0.481 e. The molecule has 6 heteroatoms. The fourth-order valence-corrected chi connectivity index (χ4v) is 1.59. The molecule has 2 aromatic rings. The highest BCUT2D eigenvalue weighted by atomic mass is 16.5. The van der Waals surface area contributed by atoms with Gasteiger partial charge in [0.25, 0.3) is 0 Å². The summed E-state index contributed by atoms with van der Waals surface area (Å²) in [7, 11) is 1.57. The first-order chi connectivity index (χ1) is 8.36. The molecule has 2 aromatic heterocycles. The van der Waals surface area contributed by atoms with Gasteiger partial charge in [0.2, 0.25) is 5.88 Å². The van der Waals surface area contributed by atoms with Gasteiger partial charge in [-0.05, 0) is 6.07 Å². The summed E-state index contributed by atoms with van der Waals surface area (Å²) in [6, 6.07) is 3.40. The molecule has 6 nitrogen and oxygen atoms in total. The normalized spacial score (nSPS) is 12.1. The Morgan fingerprint density at radius 2 is 2.18 bits per heavy atom. The van der Waals surface area contributed by atoms with Crippen molar-refractivity contribution in [2.75, 3.05) is 7.11 Å². The summed E-state index contributed by atoms with van der Waals surface area (Å²) < 4.78 is 5.19. The molecule has 0 fully saturated rings. The van der Waals surface area contributed by atoms with Gasteiger partial charge in [-0.3, -0.25) is 15.8 Å². The standard InChI is InChI=1S/C11H13N5O/c1-17-11-8(3-2-4-15-11)10(16-12)9-7-13-5-6-14-9/h2-7,10,16H,12H2,1H3.